The first kappa shape index (κ1) is 11.9. The number of hydrogen-bond donors (Lipinski definition) is 3. The summed E-state index contributed by atoms with van der Waals surface area (Å²) in [5.41, 5.74) is 1.43. The van der Waals surface area contributed by atoms with Crippen LogP contribution in [0.3, 0.4) is 0 Å². The Bertz CT molecular complexity index is 520. The van der Waals surface area contributed by atoms with E-state index in [0.717, 1.165) is 5.56 Å². The van der Waals surface area contributed by atoms with Crippen molar-refractivity contribution in [2.45, 2.75) is 0 Å². The quantitative estimate of drug-likeness (QED) is 0.685. The minimum absolute atomic E-state index is 0.0950. The lowest BCUT2D eigenvalue weighted by Gasteiger charge is -2.10. The standard InChI is InChI=1S/C12H11FO3Si/c13-11-3-1-2-10(8-11)9-4-6-12(7-5-9)17(14,15)16/h1-8,14-16H. The average Bonchev–Trinajstić information content (AvgIpc) is 2.28. The monoisotopic (exact) mass is 250 g/mol. The van der Waals surface area contributed by atoms with Crippen LogP contribution in [0.5, 0.6) is 0 Å². The molecule has 0 amide bonds. The molecule has 2 aromatic rings. The second-order valence-electron chi connectivity index (χ2n) is 3.72. The van der Waals surface area contributed by atoms with Crippen molar-refractivity contribution in [3.63, 3.8) is 0 Å². The predicted molar refractivity (Wildman–Crippen MR) is 63.9 cm³/mol. The highest BCUT2D eigenvalue weighted by atomic mass is 28.4. The maximum absolute atomic E-state index is 13.0. The Kier molecular flexibility index (Phi) is 3.08. The number of benzene rings is 2. The van der Waals surface area contributed by atoms with E-state index in [9.17, 15) is 4.39 Å². The molecule has 5 heteroatoms. The maximum atomic E-state index is 13.0. The summed E-state index contributed by atoms with van der Waals surface area (Å²) in [5, 5.41) is 0.0950. The van der Waals surface area contributed by atoms with Crippen LogP contribution in [0.1, 0.15) is 0 Å². The number of rotatable bonds is 2. The van der Waals surface area contributed by atoms with Crippen LogP contribution in [0.2, 0.25) is 0 Å². The maximum Gasteiger partial charge on any atom is 0.528 e. The summed E-state index contributed by atoms with van der Waals surface area (Å²) in [6.07, 6.45) is 0. The van der Waals surface area contributed by atoms with Crippen molar-refractivity contribution in [1.29, 1.82) is 0 Å². The normalized spacial score (nSPS) is 11.5. The predicted octanol–water partition coefficient (Wildman–Crippen LogP) is 0.615. The first-order valence-electron chi connectivity index (χ1n) is 5.00. The number of hydrogen-bond acceptors (Lipinski definition) is 3. The van der Waals surface area contributed by atoms with Crippen molar-refractivity contribution in [2.75, 3.05) is 0 Å². The molecule has 2 rings (SSSR count). The van der Waals surface area contributed by atoms with E-state index in [-0.39, 0.29) is 11.0 Å². The zero-order valence-electron chi connectivity index (χ0n) is 8.84. The minimum Gasteiger partial charge on any atom is -0.386 e. The molecule has 0 heterocycles. The molecule has 0 unspecified atom stereocenters. The van der Waals surface area contributed by atoms with Crippen molar-refractivity contribution in [3.8, 4) is 11.1 Å². The molecule has 0 aromatic heterocycles. The molecule has 2 aromatic carbocycles. The molecular formula is C12H11FO3Si. The smallest absolute Gasteiger partial charge is 0.386 e. The van der Waals surface area contributed by atoms with Crippen molar-refractivity contribution < 1.29 is 18.8 Å². The van der Waals surface area contributed by atoms with Crippen LogP contribution in [0.4, 0.5) is 4.39 Å². The fourth-order valence-corrected chi connectivity index (χ4v) is 2.17. The molecule has 0 saturated heterocycles. The van der Waals surface area contributed by atoms with Crippen molar-refractivity contribution >= 4 is 14.0 Å². The van der Waals surface area contributed by atoms with Crippen LogP contribution < -0.4 is 5.19 Å². The summed E-state index contributed by atoms with van der Waals surface area (Å²) in [4.78, 5) is 27.3. The van der Waals surface area contributed by atoms with E-state index in [4.69, 9.17) is 14.4 Å². The van der Waals surface area contributed by atoms with Gasteiger partial charge in [-0.25, -0.2) is 4.39 Å². The van der Waals surface area contributed by atoms with Crippen LogP contribution in [-0.4, -0.2) is 23.2 Å². The molecule has 0 fully saturated rings. The molecule has 17 heavy (non-hydrogen) atoms. The van der Waals surface area contributed by atoms with Gasteiger partial charge in [0.25, 0.3) is 0 Å². The third kappa shape index (κ3) is 2.77. The highest BCUT2D eigenvalue weighted by Gasteiger charge is 2.29. The minimum atomic E-state index is -4.24. The molecular weight excluding hydrogens is 239 g/mol. The van der Waals surface area contributed by atoms with Gasteiger partial charge in [-0.2, -0.15) is 0 Å². The van der Waals surface area contributed by atoms with Crippen molar-refractivity contribution in [1.82, 2.24) is 0 Å². The fourth-order valence-electron chi connectivity index (χ4n) is 1.55. The molecule has 88 valence electrons. The first-order valence-corrected chi connectivity index (χ1v) is 6.84. The van der Waals surface area contributed by atoms with Crippen LogP contribution in [-0.2, 0) is 0 Å². The van der Waals surface area contributed by atoms with E-state index in [2.05, 4.69) is 0 Å². The Morgan fingerprint density at radius 2 is 1.47 bits per heavy atom. The second-order valence-corrected chi connectivity index (χ2v) is 5.57. The lowest BCUT2D eigenvalue weighted by molar-refractivity contribution is 0.250. The lowest BCUT2D eigenvalue weighted by Crippen LogP contribution is -2.48. The summed E-state index contributed by atoms with van der Waals surface area (Å²) in [6, 6.07) is 12.1. The SMILES string of the molecule is O[Si](O)(O)c1ccc(-c2cccc(F)c2)cc1. The van der Waals surface area contributed by atoms with E-state index >= 15 is 0 Å². The molecule has 0 radical (unpaired) electrons. The van der Waals surface area contributed by atoms with Gasteiger partial charge in [-0.15, -0.1) is 0 Å². The Morgan fingerprint density at radius 3 is 2.00 bits per heavy atom. The Hall–Kier alpha value is -1.53. The molecule has 0 aliphatic carbocycles. The summed E-state index contributed by atoms with van der Waals surface area (Å²) < 4.78 is 13.0. The van der Waals surface area contributed by atoms with Crippen molar-refractivity contribution in [3.05, 3.63) is 54.3 Å². The van der Waals surface area contributed by atoms with Crippen LogP contribution in [0, 0.1) is 5.82 Å². The van der Waals surface area contributed by atoms with Gasteiger partial charge < -0.3 is 14.4 Å². The molecule has 0 spiro atoms. The highest BCUT2D eigenvalue weighted by molar-refractivity contribution is 6.71. The van der Waals surface area contributed by atoms with E-state index in [1.54, 1.807) is 24.3 Å². The fraction of sp³-hybridized carbons (Fsp3) is 0. The van der Waals surface area contributed by atoms with Gasteiger partial charge in [-0.05, 0) is 23.3 Å². The van der Waals surface area contributed by atoms with Gasteiger partial charge in [0.05, 0.1) is 0 Å². The average molecular weight is 250 g/mol. The molecule has 3 N–H and O–H groups in total. The van der Waals surface area contributed by atoms with E-state index in [1.165, 1.54) is 24.3 Å². The summed E-state index contributed by atoms with van der Waals surface area (Å²) in [7, 11) is -4.24. The summed E-state index contributed by atoms with van der Waals surface area (Å²) in [5.74, 6) is -0.332. The third-order valence-corrected chi connectivity index (χ3v) is 3.54. The van der Waals surface area contributed by atoms with Crippen molar-refractivity contribution in [2.24, 2.45) is 0 Å². The zero-order chi connectivity index (χ0) is 12.5. The highest BCUT2D eigenvalue weighted by Crippen LogP contribution is 2.19. The Balaban J connectivity index is 2.36. The topological polar surface area (TPSA) is 60.7 Å². The van der Waals surface area contributed by atoms with Gasteiger partial charge in [0.15, 0.2) is 0 Å². The van der Waals surface area contributed by atoms with Crippen LogP contribution in [0.15, 0.2) is 48.5 Å². The second kappa shape index (κ2) is 4.38. The molecule has 0 saturated carbocycles. The van der Waals surface area contributed by atoms with E-state index in [1.807, 2.05) is 0 Å². The lowest BCUT2D eigenvalue weighted by atomic mass is 10.1. The van der Waals surface area contributed by atoms with Gasteiger partial charge in [0.1, 0.15) is 5.82 Å². The third-order valence-electron chi connectivity index (χ3n) is 2.43. The van der Waals surface area contributed by atoms with Crippen LogP contribution in [0.25, 0.3) is 11.1 Å². The zero-order valence-corrected chi connectivity index (χ0v) is 9.84. The first-order chi connectivity index (χ1) is 7.97. The Morgan fingerprint density at radius 1 is 0.824 bits per heavy atom. The molecule has 3 nitrogen and oxygen atoms in total. The summed E-state index contributed by atoms with van der Waals surface area (Å²) in [6.45, 7) is 0. The molecule has 0 bridgehead atoms. The van der Waals surface area contributed by atoms with Gasteiger partial charge in [-0.3, -0.25) is 0 Å². The molecule has 0 atom stereocenters. The van der Waals surface area contributed by atoms with E-state index in [0.29, 0.717) is 5.56 Å². The summed E-state index contributed by atoms with van der Waals surface area (Å²) >= 11 is 0. The largest absolute Gasteiger partial charge is 0.528 e. The van der Waals surface area contributed by atoms with Gasteiger partial charge >= 0.3 is 8.80 Å². The Labute approximate surface area is 98.8 Å². The van der Waals surface area contributed by atoms with Gasteiger partial charge in [0, 0.05) is 5.19 Å². The number of halogens is 1. The van der Waals surface area contributed by atoms with E-state index < -0.39 is 8.80 Å². The molecule has 0 aliphatic rings. The van der Waals surface area contributed by atoms with Gasteiger partial charge in [-0.1, -0.05) is 36.4 Å². The molecule has 0 aliphatic heterocycles. The van der Waals surface area contributed by atoms with Crippen LogP contribution >= 0.6 is 0 Å². The van der Waals surface area contributed by atoms with Gasteiger partial charge in [0.2, 0.25) is 0 Å².